The third-order valence-electron chi connectivity index (χ3n) is 11.2. The molecule has 6 rings (SSSR count). The topological polar surface area (TPSA) is 225 Å². The minimum Gasteiger partial charge on any atom is -0.505 e. The number of rotatable bonds is 6. The largest absolute Gasteiger partial charge is 0.505 e. The van der Waals surface area contributed by atoms with E-state index in [9.17, 15) is 43.5 Å². The number of aromatic hydroxyl groups is 1. The normalized spacial score (nSPS) is 26.1. The maximum atomic E-state index is 14.8. The Morgan fingerprint density at radius 1 is 0.850 bits per heavy atom. The Kier molecular flexibility index (Phi) is 13.6. The van der Waals surface area contributed by atoms with Crippen molar-refractivity contribution in [1.82, 2.24) is 35.6 Å². The van der Waals surface area contributed by atoms with Crippen LogP contribution in [0.25, 0.3) is 0 Å². The van der Waals surface area contributed by atoms with Crippen LogP contribution in [0.2, 0.25) is 0 Å². The fraction of sp³-hybridized carbons (Fsp3) is 0.419. The molecule has 1 aromatic heterocycles. The SMILES string of the molecule is CCC1NC(=O)C(NC(=O)c2ncccc2O)C(C)OC(=O)C(c2ccccc2)NC(=O)C2CC(=O)CCN2C(=O)C(Cc2ccccc2)N(C)C(=O)C2CCCN2C1=O. The number of amides is 6. The van der Waals surface area contributed by atoms with Crippen LogP contribution in [0.4, 0.5) is 0 Å². The summed E-state index contributed by atoms with van der Waals surface area (Å²) < 4.78 is 5.83. The molecule has 3 aromatic rings. The number of ketones is 1. The van der Waals surface area contributed by atoms with Gasteiger partial charge in [0, 0.05) is 45.6 Å². The van der Waals surface area contributed by atoms with E-state index in [2.05, 4.69) is 20.9 Å². The lowest BCUT2D eigenvalue weighted by Crippen LogP contribution is -2.61. The fourth-order valence-electron chi connectivity index (χ4n) is 7.88. The molecule has 60 heavy (non-hydrogen) atoms. The van der Waals surface area contributed by atoms with Crippen LogP contribution >= 0.6 is 0 Å². The smallest absolute Gasteiger partial charge is 0.333 e. The summed E-state index contributed by atoms with van der Waals surface area (Å²) in [6, 6.07) is 11.7. The van der Waals surface area contributed by atoms with Crippen molar-refractivity contribution in [2.24, 2.45) is 0 Å². The molecule has 2 aromatic carbocycles. The van der Waals surface area contributed by atoms with Gasteiger partial charge in [-0.25, -0.2) is 9.78 Å². The molecule has 7 atom stereocenters. The van der Waals surface area contributed by atoms with Crippen molar-refractivity contribution in [2.45, 2.75) is 94.7 Å². The van der Waals surface area contributed by atoms with Crippen LogP contribution in [0.5, 0.6) is 5.75 Å². The van der Waals surface area contributed by atoms with Crippen molar-refractivity contribution >= 4 is 47.2 Å². The highest BCUT2D eigenvalue weighted by atomic mass is 16.5. The minimum atomic E-state index is -1.68. The molecule has 0 aliphatic carbocycles. The number of hydrogen-bond acceptors (Lipinski definition) is 11. The molecule has 316 valence electrons. The zero-order chi connectivity index (χ0) is 43.1. The molecule has 0 saturated carbocycles. The van der Waals surface area contributed by atoms with Crippen LogP contribution in [0, 0.1) is 0 Å². The van der Waals surface area contributed by atoms with Crippen molar-refractivity contribution in [2.75, 3.05) is 20.1 Å². The first-order chi connectivity index (χ1) is 28.8. The average molecular weight is 824 g/mol. The number of likely N-dealkylation sites (N-methyl/N-ethyl adjacent to an activating group) is 1. The van der Waals surface area contributed by atoms with E-state index in [0.29, 0.717) is 6.42 Å². The first kappa shape index (κ1) is 42.9. The van der Waals surface area contributed by atoms with E-state index in [4.69, 9.17) is 4.74 Å². The van der Waals surface area contributed by atoms with Crippen molar-refractivity contribution in [3.05, 3.63) is 95.8 Å². The Hall–Kier alpha value is -6.65. The molecule has 0 spiro atoms. The van der Waals surface area contributed by atoms with Gasteiger partial charge in [-0.2, -0.15) is 0 Å². The molecule has 3 saturated heterocycles. The van der Waals surface area contributed by atoms with Crippen LogP contribution in [-0.2, 0) is 44.7 Å². The number of nitrogens with one attached hydrogen (secondary N) is 3. The van der Waals surface area contributed by atoms with Crippen molar-refractivity contribution in [3.63, 3.8) is 0 Å². The fourth-order valence-corrected chi connectivity index (χ4v) is 7.88. The molecule has 0 radical (unpaired) electrons. The first-order valence-electron chi connectivity index (χ1n) is 20.0. The van der Waals surface area contributed by atoms with E-state index in [-0.39, 0.29) is 56.5 Å². The van der Waals surface area contributed by atoms with Crippen molar-refractivity contribution < 1.29 is 48.2 Å². The van der Waals surface area contributed by atoms with E-state index < -0.39 is 95.2 Å². The van der Waals surface area contributed by atoms with Gasteiger partial charge in [0.1, 0.15) is 47.8 Å². The summed E-state index contributed by atoms with van der Waals surface area (Å²) in [5.41, 5.74) is 0.560. The number of carbonyl (C=O) groups excluding carboxylic acids is 8. The van der Waals surface area contributed by atoms with Crippen LogP contribution in [0.1, 0.15) is 73.6 Å². The molecule has 6 amide bonds. The van der Waals surface area contributed by atoms with E-state index in [1.807, 2.05) is 6.07 Å². The summed E-state index contributed by atoms with van der Waals surface area (Å²) in [5, 5.41) is 18.2. The molecule has 4 heterocycles. The second-order valence-corrected chi connectivity index (χ2v) is 15.2. The quantitative estimate of drug-likeness (QED) is 0.259. The number of carbonyl (C=O) groups is 8. The van der Waals surface area contributed by atoms with E-state index >= 15 is 0 Å². The Labute approximate surface area is 346 Å². The minimum absolute atomic E-state index is 0.0410. The number of piperidine rings is 1. The molecule has 17 nitrogen and oxygen atoms in total. The lowest BCUT2D eigenvalue weighted by Gasteiger charge is -2.40. The van der Waals surface area contributed by atoms with Gasteiger partial charge in [0.15, 0.2) is 11.7 Å². The number of esters is 1. The van der Waals surface area contributed by atoms with Crippen molar-refractivity contribution in [1.29, 1.82) is 0 Å². The summed E-state index contributed by atoms with van der Waals surface area (Å²) >= 11 is 0. The van der Waals surface area contributed by atoms with Crippen LogP contribution < -0.4 is 16.0 Å². The van der Waals surface area contributed by atoms with Gasteiger partial charge in [-0.15, -0.1) is 0 Å². The van der Waals surface area contributed by atoms with E-state index in [0.717, 1.165) is 5.56 Å². The van der Waals surface area contributed by atoms with E-state index in [1.54, 1.807) is 61.5 Å². The Morgan fingerprint density at radius 2 is 1.53 bits per heavy atom. The zero-order valence-electron chi connectivity index (χ0n) is 33.6. The number of hydrogen-bond donors (Lipinski definition) is 4. The number of cyclic esters (lactones) is 1. The predicted molar refractivity (Wildman–Crippen MR) is 213 cm³/mol. The summed E-state index contributed by atoms with van der Waals surface area (Å²) in [5.74, 6) is -6.30. The maximum Gasteiger partial charge on any atom is 0.333 e. The predicted octanol–water partition coefficient (Wildman–Crippen LogP) is 1.20. The molecular formula is C43H49N7O10. The van der Waals surface area contributed by atoms with Gasteiger partial charge in [-0.05, 0) is 49.4 Å². The van der Waals surface area contributed by atoms with Gasteiger partial charge in [0.05, 0.1) is 0 Å². The van der Waals surface area contributed by atoms with Crippen LogP contribution in [-0.4, -0.2) is 128 Å². The summed E-state index contributed by atoms with van der Waals surface area (Å²) in [6.07, 6.45) is 0.235. The third-order valence-corrected chi connectivity index (χ3v) is 11.2. The summed E-state index contributed by atoms with van der Waals surface area (Å²) in [6.45, 7) is 3.03. The molecule has 17 heteroatoms. The Bertz CT molecular complexity index is 2120. The first-order valence-corrected chi connectivity index (χ1v) is 20.0. The highest BCUT2D eigenvalue weighted by molar-refractivity contribution is 6.01. The number of fused-ring (bicyclic) bond motifs is 2. The molecular weight excluding hydrogens is 775 g/mol. The molecule has 3 fully saturated rings. The monoisotopic (exact) mass is 823 g/mol. The van der Waals surface area contributed by atoms with Gasteiger partial charge in [-0.1, -0.05) is 67.6 Å². The van der Waals surface area contributed by atoms with E-state index in [1.165, 1.54) is 47.0 Å². The average Bonchev–Trinajstić information content (AvgIpc) is 3.75. The Balaban J connectivity index is 1.43. The molecule has 7 unspecified atom stereocenters. The lowest BCUT2D eigenvalue weighted by atomic mass is 9.95. The van der Waals surface area contributed by atoms with Gasteiger partial charge < -0.3 is 40.5 Å². The van der Waals surface area contributed by atoms with Crippen LogP contribution in [0.15, 0.2) is 79.0 Å². The summed E-state index contributed by atoms with van der Waals surface area (Å²) in [4.78, 5) is 121. The van der Waals surface area contributed by atoms with Gasteiger partial charge in [0.25, 0.3) is 5.91 Å². The molecule has 0 bridgehead atoms. The van der Waals surface area contributed by atoms with Gasteiger partial charge in [-0.3, -0.25) is 33.6 Å². The van der Waals surface area contributed by atoms with Gasteiger partial charge in [0.2, 0.25) is 29.5 Å². The number of nitrogens with zero attached hydrogens (tertiary/aromatic N) is 4. The number of aromatic nitrogens is 1. The zero-order valence-corrected chi connectivity index (χ0v) is 33.6. The second-order valence-electron chi connectivity index (χ2n) is 15.2. The van der Waals surface area contributed by atoms with Crippen LogP contribution in [0.3, 0.4) is 0 Å². The highest BCUT2D eigenvalue weighted by Crippen LogP contribution is 2.26. The number of ether oxygens (including phenoxy) is 1. The number of benzene rings is 2. The summed E-state index contributed by atoms with van der Waals surface area (Å²) in [7, 11) is 1.47. The number of pyridine rings is 1. The van der Waals surface area contributed by atoms with Gasteiger partial charge >= 0.3 is 5.97 Å². The second kappa shape index (κ2) is 18.9. The highest BCUT2D eigenvalue weighted by Gasteiger charge is 2.45. The molecule has 3 aliphatic heterocycles. The number of Topliss-reactive ketones (excluding diaryl/α,β-unsaturated/α-hetero) is 1. The molecule has 4 N–H and O–H groups in total. The standard InChI is InChI=1S/C43H49N7O10/c1-4-29-40(56)49-21-12-17-30(49)41(57)48(3)32(23-26-13-7-5-8-14-26)42(58)50-22-19-28(51)24-31(50)37(53)47-35(27-15-9-6-10-16-27)43(59)60-25(2)34(38(54)45-29)46-39(55)36-33(52)18-11-20-44-36/h5-11,13-16,18,20,25,29-32,34-35,52H,4,12,17,19,21-24H2,1-3H3,(H,45,54)(H,46,55)(H,47,53). The Morgan fingerprint density at radius 3 is 2.22 bits per heavy atom. The lowest BCUT2D eigenvalue weighted by molar-refractivity contribution is -0.156. The molecule has 3 aliphatic rings. The van der Waals surface area contributed by atoms with Crippen molar-refractivity contribution in [3.8, 4) is 5.75 Å². The maximum absolute atomic E-state index is 14.8. The third kappa shape index (κ3) is 9.45.